The van der Waals surface area contributed by atoms with Crippen molar-refractivity contribution in [1.82, 2.24) is 9.55 Å². The number of rotatable bonds is 3. The van der Waals surface area contributed by atoms with Crippen molar-refractivity contribution in [2.75, 3.05) is 6.26 Å². The van der Waals surface area contributed by atoms with Gasteiger partial charge in [-0.25, -0.2) is 4.98 Å². The molecule has 1 heterocycles. The number of hydrogen-bond donors (Lipinski definition) is 0. The second kappa shape index (κ2) is 7.04. The first-order valence-corrected chi connectivity index (χ1v) is 13.7. The Labute approximate surface area is 188 Å². The number of fused-ring (bicyclic) bond motifs is 5. The van der Waals surface area contributed by atoms with Gasteiger partial charge in [0.05, 0.1) is 12.4 Å². The molecular weight excluding hydrogens is 464 g/mol. The first kappa shape index (κ1) is 21.0. The van der Waals surface area contributed by atoms with Gasteiger partial charge in [0.15, 0.2) is 0 Å². The van der Waals surface area contributed by atoms with E-state index in [0.717, 1.165) is 43.0 Å². The van der Waals surface area contributed by atoms with Crippen LogP contribution in [-0.2, 0) is 14.3 Å². The summed E-state index contributed by atoms with van der Waals surface area (Å²) in [6.07, 6.45) is 17.2. The highest BCUT2D eigenvalue weighted by atomic mass is 79.9. The van der Waals surface area contributed by atoms with Gasteiger partial charge in [-0.3, -0.25) is 4.18 Å². The molecule has 2 saturated carbocycles. The Kier molecular flexibility index (Phi) is 4.92. The summed E-state index contributed by atoms with van der Waals surface area (Å²) in [6.45, 7) is 4.89. The smallest absolute Gasteiger partial charge is 0.264 e. The molecule has 0 bridgehead atoms. The molecule has 2 fully saturated rings. The van der Waals surface area contributed by atoms with Crippen LogP contribution in [-0.4, -0.2) is 30.3 Å². The molecule has 7 heteroatoms. The summed E-state index contributed by atoms with van der Waals surface area (Å²) in [4.78, 5) is 4.38. The van der Waals surface area contributed by atoms with Crippen LogP contribution >= 0.6 is 15.9 Å². The summed E-state index contributed by atoms with van der Waals surface area (Å²) in [5.74, 6) is 2.02. The average molecular weight is 495 g/mol. The predicted octanol–water partition coefficient (Wildman–Crippen LogP) is 5.40. The van der Waals surface area contributed by atoms with Gasteiger partial charge in [-0.05, 0) is 84.0 Å². The molecule has 4 aliphatic carbocycles. The van der Waals surface area contributed by atoms with E-state index in [-0.39, 0.29) is 16.9 Å². The molecule has 5 rings (SSSR count). The molecule has 0 radical (unpaired) electrons. The maximum atomic E-state index is 11.6. The molecule has 0 N–H and O–H groups in total. The van der Waals surface area contributed by atoms with Gasteiger partial charge in [-0.15, -0.1) is 0 Å². The fourth-order valence-electron chi connectivity index (χ4n) is 7.33. The Morgan fingerprint density at radius 3 is 2.60 bits per heavy atom. The minimum atomic E-state index is -3.40. The zero-order valence-electron chi connectivity index (χ0n) is 18.0. The largest absolute Gasteiger partial charge is 0.309 e. The number of hydrogen-bond acceptors (Lipinski definition) is 4. The number of nitrogens with zero attached hydrogens (tertiary/aromatic N) is 2. The molecule has 30 heavy (non-hydrogen) atoms. The van der Waals surface area contributed by atoms with Gasteiger partial charge >= 0.3 is 0 Å². The van der Waals surface area contributed by atoms with Crippen LogP contribution in [0.25, 0.3) is 5.70 Å². The average Bonchev–Trinajstić information content (AvgIpc) is 3.23. The van der Waals surface area contributed by atoms with Gasteiger partial charge in [-0.2, -0.15) is 8.42 Å². The van der Waals surface area contributed by atoms with Gasteiger partial charge in [0.25, 0.3) is 10.1 Å². The molecule has 164 valence electrons. The van der Waals surface area contributed by atoms with Gasteiger partial charge in [0.1, 0.15) is 10.9 Å². The Morgan fingerprint density at radius 1 is 1.13 bits per heavy atom. The topological polar surface area (TPSA) is 61.2 Å². The first-order valence-electron chi connectivity index (χ1n) is 11.1. The Balaban J connectivity index is 1.40. The van der Waals surface area contributed by atoms with Crippen LogP contribution in [0.4, 0.5) is 0 Å². The van der Waals surface area contributed by atoms with Crippen molar-refractivity contribution >= 4 is 31.7 Å². The summed E-state index contributed by atoms with van der Waals surface area (Å²) < 4.78 is 31.7. The van der Waals surface area contributed by atoms with Crippen molar-refractivity contribution in [2.45, 2.75) is 64.9 Å². The molecule has 3 unspecified atom stereocenters. The molecule has 0 spiro atoms. The zero-order chi connectivity index (χ0) is 21.3. The molecule has 1 aromatic heterocycles. The summed E-state index contributed by atoms with van der Waals surface area (Å²) in [5.41, 5.74) is 3.23. The van der Waals surface area contributed by atoms with Gasteiger partial charge < -0.3 is 4.57 Å². The van der Waals surface area contributed by atoms with E-state index in [4.69, 9.17) is 4.18 Å². The number of aromatic nitrogens is 2. The van der Waals surface area contributed by atoms with E-state index >= 15 is 0 Å². The predicted molar refractivity (Wildman–Crippen MR) is 121 cm³/mol. The Hall–Kier alpha value is -0.920. The van der Waals surface area contributed by atoms with Crippen LogP contribution in [0.2, 0.25) is 0 Å². The van der Waals surface area contributed by atoms with Crippen molar-refractivity contribution < 1.29 is 12.6 Å². The number of imidazole rings is 1. The lowest BCUT2D eigenvalue weighted by Crippen LogP contribution is -2.50. The van der Waals surface area contributed by atoms with E-state index in [1.807, 2.05) is 6.33 Å². The molecule has 1 aromatic rings. The van der Waals surface area contributed by atoms with E-state index in [2.05, 4.69) is 57.7 Å². The summed E-state index contributed by atoms with van der Waals surface area (Å²) in [7, 11) is -3.40. The van der Waals surface area contributed by atoms with Crippen LogP contribution in [0.15, 0.2) is 34.9 Å². The lowest BCUT2D eigenvalue weighted by atomic mass is 9.48. The standard InChI is InChI=1S/C23H31BrN2O3S/c1-22-10-8-16(29-30(3,27)28)12-15(22)4-5-17-18-6-7-20(26-13-21(24)25-14-26)23(18,2)11-9-19(17)22/h4,7,13-14,16-19H,5-6,8-12H2,1-3H3/t16-,17?,18?,19?,22-,23-/m0/s1. The van der Waals surface area contributed by atoms with Crippen molar-refractivity contribution in [3.63, 3.8) is 0 Å². The van der Waals surface area contributed by atoms with Crippen molar-refractivity contribution in [3.8, 4) is 0 Å². The van der Waals surface area contributed by atoms with E-state index < -0.39 is 10.1 Å². The summed E-state index contributed by atoms with van der Waals surface area (Å²) >= 11 is 3.49. The SMILES string of the molecule is C[C@]12CC[C@H](OS(C)(=O)=O)CC1=CCC1C2CC[C@]2(C)C(n3cnc(Br)c3)=CCC12. The third-order valence-electron chi connectivity index (χ3n) is 8.74. The highest BCUT2D eigenvalue weighted by Crippen LogP contribution is 2.65. The fourth-order valence-corrected chi connectivity index (χ4v) is 8.30. The highest BCUT2D eigenvalue weighted by Gasteiger charge is 2.57. The summed E-state index contributed by atoms with van der Waals surface area (Å²) in [6, 6.07) is 0. The van der Waals surface area contributed by atoms with Crippen LogP contribution in [0.3, 0.4) is 0 Å². The maximum absolute atomic E-state index is 11.6. The maximum Gasteiger partial charge on any atom is 0.264 e. The van der Waals surface area contributed by atoms with E-state index in [9.17, 15) is 8.42 Å². The van der Waals surface area contributed by atoms with E-state index in [1.54, 1.807) is 0 Å². The molecule has 0 saturated heterocycles. The monoisotopic (exact) mass is 494 g/mol. The second-order valence-corrected chi connectivity index (χ2v) is 12.7. The second-order valence-electron chi connectivity index (χ2n) is 10.3. The lowest BCUT2D eigenvalue weighted by Gasteiger charge is -2.57. The molecule has 0 amide bonds. The minimum Gasteiger partial charge on any atom is -0.309 e. The first-order chi connectivity index (χ1) is 14.1. The molecule has 5 nitrogen and oxygen atoms in total. The van der Waals surface area contributed by atoms with Gasteiger partial charge in [0, 0.05) is 17.3 Å². The van der Waals surface area contributed by atoms with Crippen molar-refractivity contribution in [1.29, 1.82) is 0 Å². The highest BCUT2D eigenvalue weighted by molar-refractivity contribution is 9.10. The van der Waals surface area contributed by atoms with E-state index in [1.165, 1.54) is 24.1 Å². The molecule has 0 aliphatic heterocycles. The Morgan fingerprint density at radius 2 is 1.90 bits per heavy atom. The molecule has 0 aromatic carbocycles. The van der Waals surface area contributed by atoms with E-state index in [0.29, 0.717) is 17.8 Å². The fraction of sp³-hybridized carbons (Fsp3) is 0.696. The van der Waals surface area contributed by atoms with Gasteiger partial charge in [-0.1, -0.05) is 31.6 Å². The zero-order valence-corrected chi connectivity index (χ0v) is 20.4. The summed E-state index contributed by atoms with van der Waals surface area (Å²) in [5, 5.41) is 0. The molecule has 4 aliphatic rings. The molecular formula is C23H31BrN2O3S. The minimum absolute atomic E-state index is 0.183. The van der Waals surface area contributed by atoms with Crippen LogP contribution < -0.4 is 0 Å². The number of halogens is 1. The lowest BCUT2D eigenvalue weighted by molar-refractivity contribution is -0.0217. The van der Waals surface area contributed by atoms with Crippen molar-refractivity contribution in [3.05, 3.63) is 34.9 Å². The third-order valence-corrected chi connectivity index (χ3v) is 9.77. The van der Waals surface area contributed by atoms with Crippen LogP contribution in [0.5, 0.6) is 0 Å². The normalized spacial score (nSPS) is 40.8. The van der Waals surface area contributed by atoms with Gasteiger partial charge in [0.2, 0.25) is 0 Å². The van der Waals surface area contributed by atoms with Crippen LogP contribution in [0, 0.1) is 28.6 Å². The quantitative estimate of drug-likeness (QED) is 0.416. The Bertz CT molecular complexity index is 1030. The molecule has 6 atom stereocenters. The number of allylic oxidation sites excluding steroid dienone is 3. The van der Waals surface area contributed by atoms with Crippen LogP contribution in [0.1, 0.15) is 58.8 Å². The third kappa shape index (κ3) is 3.27. The van der Waals surface area contributed by atoms with Crippen molar-refractivity contribution in [2.24, 2.45) is 28.6 Å².